The van der Waals surface area contributed by atoms with E-state index in [1.807, 2.05) is 0 Å². The SMILES string of the molecule is O=CCCc1cccc(O)c1C(F)(F)F. The largest absolute Gasteiger partial charge is 0.507 e. The van der Waals surface area contributed by atoms with Gasteiger partial charge in [0.15, 0.2) is 0 Å². The van der Waals surface area contributed by atoms with E-state index in [0.717, 1.165) is 6.07 Å². The van der Waals surface area contributed by atoms with E-state index in [4.69, 9.17) is 5.11 Å². The summed E-state index contributed by atoms with van der Waals surface area (Å²) in [5.74, 6) is -0.800. The van der Waals surface area contributed by atoms with Crippen molar-refractivity contribution in [3.8, 4) is 5.75 Å². The highest BCUT2D eigenvalue weighted by molar-refractivity contribution is 5.51. The molecule has 0 aliphatic carbocycles. The van der Waals surface area contributed by atoms with Crippen LogP contribution in [0.5, 0.6) is 5.75 Å². The Hall–Kier alpha value is -1.52. The molecular formula is C10H9F3O2. The van der Waals surface area contributed by atoms with Crippen molar-refractivity contribution >= 4 is 6.29 Å². The first kappa shape index (κ1) is 11.6. The number of hydrogen-bond donors (Lipinski definition) is 1. The number of aryl methyl sites for hydroxylation is 1. The van der Waals surface area contributed by atoms with Gasteiger partial charge < -0.3 is 9.90 Å². The van der Waals surface area contributed by atoms with Crippen LogP contribution in [0.4, 0.5) is 13.2 Å². The zero-order valence-electron chi connectivity index (χ0n) is 7.71. The third kappa shape index (κ3) is 2.71. The number of hydrogen-bond acceptors (Lipinski definition) is 2. The van der Waals surface area contributed by atoms with E-state index in [1.165, 1.54) is 12.1 Å². The second kappa shape index (κ2) is 4.33. The first-order valence-corrected chi connectivity index (χ1v) is 4.28. The molecule has 1 N–H and O–H groups in total. The third-order valence-corrected chi connectivity index (χ3v) is 1.94. The summed E-state index contributed by atoms with van der Waals surface area (Å²) in [5.41, 5.74) is -1.11. The standard InChI is InChI=1S/C10H9F3O2/c11-10(12,13)9-7(4-2-6-14)3-1-5-8(9)15/h1,3,5-6,15H,2,4H2. The van der Waals surface area contributed by atoms with E-state index in [9.17, 15) is 18.0 Å². The lowest BCUT2D eigenvalue weighted by molar-refractivity contribution is -0.139. The highest BCUT2D eigenvalue weighted by Gasteiger charge is 2.36. The smallest absolute Gasteiger partial charge is 0.420 e. The molecule has 1 rings (SSSR count). The molecule has 0 atom stereocenters. The van der Waals surface area contributed by atoms with Crippen LogP contribution in [0, 0.1) is 0 Å². The summed E-state index contributed by atoms with van der Waals surface area (Å²) in [6.45, 7) is 0. The van der Waals surface area contributed by atoms with Gasteiger partial charge in [0.05, 0.1) is 0 Å². The Morgan fingerprint density at radius 1 is 1.33 bits per heavy atom. The molecule has 2 nitrogen and oxygen atoms in total. The molecule has 1 aromatic carbocycles. The van der Waals surface area contributed by atoms with Crippen LogP contribution in [-0.2, 0) is 17.4 Å². The molecule has 5 heteroatoms. The minimum Gasteiger partial charge on any atom is -0.507 e. The van der Waals surface area contributed by atoms with Gasteiger partial charge in [0.1, 0.15) is 17.6 Å². The molecular weight excluding hydrogens is 209 g/mol. The molecule has 0 heterocycles. The van der Waals surface area contributed by atoms with Crippen molar-refractivity contribution in [2.24, 2.45) is 0 Å². The van der Waals surface area contributed by atoms with Gasteiger partial charge >= 0.3 is 6.18 Å². The fourth-order valence-corrected chi connectivity index (χ4v) is 1.34. The predicted octanol–water partition coefficient (Wildman–Crippen LogP) is 2.54. The zero-order valence-corrected chi connectivity index (χ0v) is 7.71. The van der Waals surface area contributed by atoms with Gasteiger partial charge in [0, 0.05) is 6.42 Å². The van der Waals surface area contributed by atoms with Crippen molar-refractivity contribution in [3.63, 3.8) is 0 Å². The second-order valence-electron chi connectivity index (χ2n) is 3.01. The van der Waals surface area contributed by atoms with Crippen molar-refractivity contribution < 1.29 is 23.1 Å². The molecule has 0 amide bonds. The van der Waals surface area contributed by atoms with Crippen LogP contribution >= 0.6 is 0 Å². The molecule has 0 saturated carbocycles. The third-order valence-electron chi connectivity index (χ3n) is 1.94. The van der Waals surface area contributed by atoms with E-state index in [-0.39, 0.29) is 18.4 Å². The number of benzene rings is 1. The van der Waals surface area contributed by atoms with Crippen molar-refractivity contribution in [1.82, 2.24) is 0 Å². The fraction of sp³-hybridized carbons (Fsp3) is 0.300. The maximum absolute atomic E-state index is 12.5. The first-order valence-electron chi connectivity index (χ1n) is 4.28. The summed E-state index contributed by atoms with van der Waals surface area (Å²) in [7, 11) is 0. The minimum absolute atomic E-state index is 0.00648. The normalized spacial score (nSPS) is 11.4. The molecule has 0 spiro atoms. The quantitative estimate of drug-likeness (QED) is 0.791. The summed E-state index contributed by atoms with van der Waals surface area (Å²) in [6, 6.07) is 3.56. The number of carbonyl (C=O) groups is 1. The summed E-state index contributed by atoms with van der Waals surface area (Å²) in [4.78, 5) is 10.1. The van der Waals surface area contributed by atoms with E-state index in [0.29, 0.717) is 6.29 Å². The van der Waals surface area contributed by atoms with Crippen LogP contribution in [-0.4, -0.2) is 11.4 Å². The average Bonchev–Trinajstić information content (AvgIpc) is 2.12. The maximum atomic E-state index is 12.5. The number of alkyl halides is 3. The Morgan fingerprint density at radius 2 is 2.00 bits per heavy atom. The number of carbonyl (C=O) groups excluding carboxylic acids is 1. The molecule has 82 valence electrons. The van der Waals surface area contributed by atoms with Crippen LogP contribution in [0.3, 0.4) is 0 Å². The molecule has 0 unspecified atom stereocenters. The van der Waals surface area contributed by atoms with Crippen LogP contribution in [0.2, 0.25) is 0 Å². The molecule has 0 bridgehead atoms. The number of phenols is 1. The van der Waals surface area contributed by atoms with E-state index >= 15 is 0 Å². The highest BCUT2D eigenvalue weighted by Crippen LogP contribution is 2.38. The first-order chi connectivity index (χ1) is 6.96. The topological polar surface area (TPSA) is 37.3 Å². The monoisotopic (exact) mass is 218 g/mol. The average molecular weight is 218 g/mol. The van der Waals surface area contributed by atoms with Crippen LogP contribution in [0.25, 0.3) is 0 Å². The Bertz CT molecular complexity index is 358. The van der Waals surface area contributed by atoms with Crippen LogP contribution in [0.1, 0.15) is 17.5 Å². The number of halogens is 3. The lowest BCUT2D eigenvalue weighted by Gasteiger charge is -2.13. The van der Waals surface area contributed by atoms with E-state index in [2.05, 4.69) is 0 Å². The van der Waals surface area contributed by atoms with Crippen molar-refractivity contribution in [2.75, 3.05) is 0 Å². The molecule has 0 saturated heterocycles. The Balaban J connectivity index is 3.14. The Kier molecular flexibility index (Phi) is 3.34. The summed E-state index contributed by atoms with van der Waals surface area (Å²) in [5, 5.41) is 9.12. The maximum Gasteiger partial charge on any atom is 0.420 e. The number of phenolic OH excluding ortho intramolecular Hbond substituents is 1. The predicted molar refractivity (Wildman–Crippen MR) is 47.5 cm³/mol. The van der Waals surface area contributed by atoms with Crippen LogP contribution < -0.4 is 0 Å². The molecule has 0 aliphatic rings. The van der Waals surface area contributed by atoms with E-state index < -0.39 is 17.5 Å². The highest BCUT2D eigenvalue weighted by atomic mass is 19.4. The van der Waals surface area contributed by atoms with Gasteiger partial charge in [-0.3, -0.25) is 0 Å². The van der Waals surface area contributed by atoms with Crippen LogP contribution in [0.15, 0.2) is 18.2 Å². The summed E-state index contributed by atoms with van der Waals surface area (Å²) >= 11 is 0. The number of aldehydes is 1. The Morgan fingerprint density at radius 3 is 2.53 bits per heavy atom. The zero-order chi connectivity index (χ0) is 11.5. The van der Waals surface area contributed by atoms with Gasteiger partial charge in [0.2, 0.25) is 0 Å². The molecule has 15 heavy (non-hydrogen) atoms. The minimum atomic E-state index is -4.59. The van der Waals surface area contributed by atoms with Gasteiger partial charge in [-0.25, -0.2) is 0 Å². The molecule has 0 fully saturated rings. The summed E-state index contributed by atoms with van der Waals surface area (Å²) < 4.78 is 37.5. The Labute approximate surface area is 84.3 Å². The lowest BCUT2D eigenvalue weighted by Crippen LogP contribution is -2.09. The van der Waals surface area contributed by atoms with Crippen molar-refractivity contribution in [3.05, 3.63) is 29.3 Å². The van der Waals surface area contributed by atoms with Gasteiger partial charge in [-0.1, -0.05) is 12.1 Å². The lowest BCUT2D eigenvalue weighted by atomic mass is 10.0. The van der Waals surface area contributed by atoms with Gasteiger partial charge in [-0.15, -0.1) is 0 Å². The van der Waals surface area contributed by atoms with Gasteiger partial charge in [0.25, 0.3) is 0 Å². The number of aromatic hydroxyl groups is 1. The molecule has 1 aromatic rings. The van der Waals surface area contributed by atoms with Crippen molar-refractivity contribution in [2.45, 2.75) is 19.0 Å². The van der Waals surface area contributed by atoms with E-state index in [1.54, 1.807) is 0 Å². The summed E-state index contributed by atoms with van der Waals surface area (Å²) in [6.07, 6.45) is -4.06. The van der Waals surface area contributed by atoms with Gasteiger partial charge in [-0.2, -0.15) is 13.2 Å². The number of rotatable bonds is 3. The fourth-order valence-electron chi connectivity index (χ4n) is 1.34. The molecule has 0 aliphatic heterocycles. The van der Waals surface area contributed by atoms with Gasteiger partial charge in [-0.05, 0) is 18.1 Å². The second-order valence-corrected chi connectivity index (χ2v) is 3.01. The van der Waals surface area contributed by atoms with Crippen molar-refractivity contribution in [1.29, 1.82) is 0 Å². The molecule has 0 aromatic heterocycles. The molecule has 0 radical (unpaired) electrons.